The van der Waals surface area contributed by atoms with Gasteiger partial charge in [-0.05, 0) is 32.0 Å². The summed E-state index contributed by atoms with van der Waals surface area (Å²) in [5, 5.41) is 0. The molecule has 0 aromatic heterocycles. The van der Waals surface area contributed by atoms with Crippen LogP contribution in [0.2, 0.25) is 6.04 Å². The molecule has 0 spiro atoms. The predicted octanol–water partition coefficient (Wildman–Crippen LogP) is 3.17. The number of rotatable bonds is 10. The van der Waals surface area contributed by atoms with Crippen molar-refractivity contribution in [3.63, 3.8) is 0 Å². The van der Waals surface area contributed by atoms with Crippen LogP contribution in [0, 0.1) is 0 Å². The summed E-state index contributed by atoms with van der Waals surface area (Å²) in [5.74, 6) is 0. The maximum absolute atomic E-state index is 5.71. The van der Waals surface area contributed by atoms with E-state index in [0.717, 1.165) is 0 Å². The van der Waals surface area contributed by atoms with Crippen molar-refractivity contribution in [2.24, 2.45) is 0 Å². The van der Waals surface area contributed by atoms with Gasteiger partial charge in [-0.3, -0.25) is 0 Å². The molecule has 1 atom stereocenters. The maximum Gasteiger partial charge on any atom is 0.254 e. The molecule has 0 fully saturated rings. The highest BCUT2D eigenvalue weighted by molar-refractivity contribution is 6.48. The van der Waals surface area contributed by atoms with E-state index >= 15 is 0 Å². The molecule has 2 nitrogen and oxygen atoms in total. The van der Waals surface area contributed by atoms with Crippen molar-refractivity contribution in [1.82, 2.24) is 4.57 Å². The molecule has 15 heavy (non-hydrogen) atoms. The minimum atomic E-state index is -1.06. The van der Waals surface area contributed by atoms with E-state index in [1.165, 1.54) is 51.2 Å². The van der Waals surface area contributed by atoms with Crippen LogP contribution in [0.4, 0.5) is 0 Å². The first-order chi connectivity index (χ1) is 7.29. The zero-order valence-corrected chi connectivity index (χ0v) is 12.2. The Kier molecular flexibility index (Phi) is 10.7. The second-order valence-corrected chi connectivity index (χ2v) is 6.91. The third kappa shape index (κ3) is 7.09. The van der Waals surface area contributed by atoms with Gasteiger partial charge < -0.3 is 8.99 Å². The van der Waals surface area contributed by atoms with Gasteiger partial charge in [0.15, 0.2) is 0 Å². The minimum absolute atomic E-state index is 1.06. The molecule has 0 aromatic rings. The van der Waals surface area contributed by atoms with Crippen LogP contribution < -0.4 is 0 Å². The zero-order chi connectivity index (χ0) is 11.5. The maximum atomic E-state index is 5.71. The molecule has 0 radical (unpaired) electrons. The predicted molar refractivity (Wildman–Crippen MR) is 70.6 cm³/mol. The average Bonchev–Trinajstić information content (AvgIpc) is 2.27. The van der Waals surface area contributed by atoms with Gasteiger partial charge in [-0.15, -0.1) is 0 Å². The van der Waals surface area contributed by atoms with Crippen LogP contribution in [0.25, 0.3) is 0 Å². The van der Waals surface area contributed by atoms with E-state index in [9.17, 15) is 0 Å². The Morgan fingerprint density at radius 3 is 1.80 bits per heavy atom. The molecule has 92 valence electrons. The molecule has 0 bridgehead atoms. The number of nitrogens with zero attached hydrogens (tertiary/aromatic N) is 1. The fraction of sp³-hybridized carbons (Fsp3) is 1.00. The molecule has 0 saturated heterocycles. The summed E-state index contributed by atoms with van der Waals surface area (Å²) < 4.78 is 8.36. The Labute approximate surface area is 97.8 Å². The molecule has 1 unspecified atom stereocenters. The third-order valence-electron chi connectivity index (χ3n) is 2.81. The van der Waals surface area contributed by atoms with Crippen LogP contribution in [0.15, 0.2) is 0 Å². The standard InChI is InChI=1S/C12H29NOSi/c1-5-8-10-13(11-9-6-2)15(14-4)12-7-3/h15H,5-12H2,1-4H3. The van der Waals surface area contributed by atoms with Crippen molar-refractivity contribution in [2.45, 2.75) is 58.9 Å². The lowest BCUT2D eigenvalue weighted by Crippen LogP contribution is -2.42. The molecule has 0 saturated carbocycles. The molecule has 0 aliphatic carbocycles. The molecule has 0 aliphatic rings. The van der Waals surface area contributed by atoms with Gasteiger partial charge in [0.05, 0.1) is 0 Å². The van der Waals surface area contributed by atoms with Gasteiger partial charge in [0.2, 0.25) is 0 Å². The summed E-state index contributed by atoms with van der Waals surface area (Å²) in [7, 11) is 0.842. The van der Waals surface area contributed by atoms with Gasteiger partial charge in [0.25, 0.3) is 9.20 Å². The average molecular weight is 231 g/mol. The van der Waals surface area contributed by atoms with Gasteiger partial charge >= 0.3 is 0 Å². The van der Waals surface area contributed by atoms with E-state index in [1.54, 1.807) is 0 Å². The van der Waals surface area contributed by atoms with E-state index < -0.39 is 9.20 Å². The first-order valence-corrected chi connectivity index (χ1v) is 8.37. The zero-order valence-electron chi connectivity index (χ0n) is 11.1. The summed E-state index contributed by atoms with van der Waals surface area (Å²) >= 11 is 0. The summed E-state index contributed by atoms with van der Waals surface area (Å²) in [5.41, 5.74) is 0. The fourth-order valence-corrected chi connectivity index (χ4v) is 4.15. The van der Waals surface area contributed by atoms with Gasteiger partial charge in [-0.1, -0.05) is 40.0 Å². The van der Waals surface area contributed by atoms with E-state index in [0.29, 0.717) is 0 Å². The molecular formula is C12H29NOSi. The number of hydrogen-bond acceptors (Lipinski definition) is 2. The van der Waals surface area contributed by atoms with Crippen molar-refractivity contribution in [2.75, 3.05) is 20.2 Å². The van der Waals surface area contributed by atoms with Crippen molar-refractivity contribution >= 4 is 9.20 Å². The number of unbranched alkanes of at least 4 members (excludes halogenated alkanes) is 2. The largest absolute Gasteiger partial charge is 0.409 e. The van der Waals surface area contributed by atoms with Crippen LogP contribution in [0.3, 0.4) is 0 Å². The molecule has 3 heteroatoms. The Morgan fingerprint density at radius 1 is 0.933 bits per heavy atom. The van der Waals surface area contributed by atoms with E-state index in [1.807, 2.05) is 7.11 Å². The Balaban J connectivity index is 4.02. The van der Waals surface area contributed by atoms with Crippen molar-refractivity contribution in [3.8, 4) is 0 Å². The topological polar surface area (TPSA) is 12.5 Å². The minimum Gasteiger partial charge on any atom is -0.409 e. The molecule has 0 N–H and O–H groups in total. The van der Waals surface area contributed by atoms with E-state index in [-0.39, 0.29) is 0 Å². The first kappa shape index (κ1) is 15.1. The molecule has 0 rings (SSSR count). The van der Waals surface area contributed by atoms with Crippen molar-refractivity contribution in [1.29, 1.82) is 0 Å². The van der Waals surface area contributed by atoms with Gasteiger partial charge in [0, 0.05) is 7.11 Å². The highest BCUT2D eigenvalue weighted by Crippen LogP contribution is 2.08. The van der Waals surface area contributed by atoms with E-state index in [2.05, 4.69) is 25.3 Å². The number of hydrogen-bond donors (Lipinski definition) is 0. The lowest BCUT2D eigenvalue weighted by atomic mass is 10.3. The van der Waals surface area contributed by atoms with Crippen LogP contribution in [0.5, 0.6) is 0 Å². The van der Waals surface area contributed by atoms with Gasteiger partial charge in [-0.25, -0.2) is 0 Å². The van der Waals surface area contributed by atoms with Crippen LogP contribution in [-0.4, -0.2) is 34.0 Å². The Morgan fingerprint density at radius 2 is 1.47 bits per heavy atom. The normalized spacial score (nSPS) is 13.4. The molecule has 0 heterocycles. The SMILES string of the molecule is CCCCN(CCCC)[SiH](CCC)OC. The highest BCUT2D eigenvalue weighted by atomic mass is 28.3. The van der Waals surface area contributed by atoms with E-state index in [4.69, 9.17) is 4.43 Å². The smallest absolute Gasteiger partial charge is 0.254 e. The van der Waals surface area contributed by atoms with Gasteiger partial charge in [0.1, 0.15) is 0 Å². The molecular weight excluding hydrogens is 202 g/mol. The second kappa shape index (κ2) is 10.6. The van der Waals surface area contributed by atoms with Crippen LogP contribution >= 0.6 is 0 Å². The Bertz CT molecular complexity index is 125. The quantitative estimate of drug-likeness (QED) is 0.536. The van der Waals surface area contributed by atoms with Crippen LogP contribution in [0.1, 0.15) is 52.9 Å². The monoisotopic (exact) mass is 231 g/mol. The third-order valence-corrected chi connectivity index (χ3v) is 5.76. The van der Waals surface area contributed by atoms with Gasteiger partial charge in [-0.2, -0.15) is 0 Å². The molecule has 0 aliphatic heterocycles. The van der Waals surface area contributed by atoms with Crippen molar-refractivity contribution in [3.05, 3.63) is 0 Å². The molecule has 0 aromatic carbocycles. The summed E-state index contributed by atoms with van der Waals surface area (Å²) in [6, 6.07) is 1.30. The summed E-state index contributed by atoms with van der Waals surface area (Å²) in [6.45, 7) is 9.29. The van der Waals surface area contributed by atoms with Crippen LogP contribution in [-0.2, 0) is 4.43 Å². The highest BCUT2D eigenvalue weighted by Gasteiger charge is 2.18. The lowest BCUT2D eigenvalue weighted by Gasteiger charge is -2.28. The Hall–Kier alpha value is 0.137. The molecule has 0 amide bonds. The summed E-state index contributed by atoms with van der Waals surface area (Å²) in [6.07, 6.45) is 6.49. The summed E-state index contributed by atoms with van der Waals surface area (Å²) in [4.78, 5) is 0. The second-order valence-electron chi connectivity index (χ2n) is 4.22. The lowest BCUT2D eigenvalue weighted by molar-refractivity contribution is 0.303. The first-order valence-electron chi connectivity index (χ1n) is 6.56. The fourth-order valence-electron chi connectivity index (χ4n) is 1.82. The van der Waals surface area contributed by atoms with Crippen molar-refractivity contribution < 1.29 is 4.43 Å².